The van der Waals surface area contributed by atoms with Gasteiger partial charge in [-0.05, 0) is 49.4 Å². The number of Topliss-reactive ketones (excluding diaryl/α,β-unsaturated/α-hetero) is 2. The van der Waals surface area contributed by atoms with Gasteiger partial charge in [-0.2, -0.15) is 13.2 Å². The number of methoxy groups -OCH3 is 1. The smallest absolute Gasteiger partial charge is 0.417 e. The molecule has 3 rings (SSSR count). The van der Waals surface area contributed by atoms with Gasteiger partial charge in [0, 0.05) is 24.0 Å². The summed E-state index contributed by atoms with van der Waals surface area (Å²) in [6.45, 7) is 1.87. The molecule has 0 radical (unpaired) electrons. The summed E-state index contributed by atoms with van der Waals surface area (Å²) >= 11 is 5.87. The van der Waals surface area contributed by atoms with Crippen LogP contribution in [0.2, 0.25) is 5.02 Å². The number of ketones is 2. The second-order valence-electron chi connectivity index (χ2n) is 7.95. The van der Waals surface area contributed by atoms with E-state index in [1.165, 1.54) is 37.4 Å². The van der Waals surface area contributed by atoms with Crippen LogP contribution in [0.3, 0.4) is 0 Å². The summed E-state index contributed by atoms with van der Waals surface area (Å²) in [5.74, 6) is 0.195. The molecule has 1 N–H and O–H groups in total. The number of aliphatic hydroxyl groups is 1. The van der Waals surface area contributed by atoms with Crippen LogP contribution in [0, 0.1) is 0 Å². The summed E-state index contributed by atoms with van der Waals surface area (Å²) < 4.78 is 55.5. The van der Waals surface area contributed by atoms with Crippen LogP contribution in [0.4, 0.5) is 13.2 Å². The lowest BCUT2D eigenvalue weighted by molar-refractivity contribution is -0.137. The first-order valence-corrected chi connectivity index (χ1v) is 12.0. The number of carbonyl (C=O) groups excluding carboxylic acids is 2. The Labute approximate surface area is 222 Å². The molecule has 7 nitrogen and oxygen atoms in total. The molecule has 0 amide bonds. The molecule has 0 spiro atoms. The normalized spacial score (nSPS) is 11.2. The van der Waals surface area contributed by atoms with Gasteiger partial charge in [0.1, 0.15) is 23.7 Å². The van der Waals surface area contributed by atoms with Crippen LogP contribution >= 0.6 is 11.6 Å². The van der Waals surface area contributed by atoms with Crippen molar-refractivity contribution in [2.45, 2.75) is 25.9 Å². The SMILES string of the molecule is CCOc1ccc(C(=O)CCC(=O)c2ccc(OCCO)c(OC)c2)nc1-c1ccc(C(F)(F)F)c(Cl)c1. The molecule has 0 aliphatic rings. The summed E-state index contributed by atoms with van der Waals surface area (Å²) in [7, 11) is 1.41. The van der Waals surface area contributed by atoms with E-state index < -0.39 is 22.5 Å². The zero-order valence-corrected chi connectivity index (χ0v) is 21.4. The summed E-state index contributed by atoms with van der Waals surface area (Å²) in [6.07, 6.45) is -4.89. The fourth-order valence-electron chi connectivity index (χ4n) is 3.59. The number of halogens is 4. The minimum absolute atomic E-state index is 0.0256. The van der Waals surface area contributed by atoms with Crippen molar-refractivity contribution in [3.8, 4) is 28.5 Å². The number of hydrogen-bond donors (Lipinski definition) is 1. The van der Waals surface area contributed by atoms with E-state index in [1.54, 1.807) is 13.0 Å². The fourth-order valence-corrected chi connectivity index (χ4v) is 3.88. The number of hydrogen-bond acceptors (Lipinski definition) is 7. The highest BCUT2D eigenvalue weighted by Crippen LogP contribution is 2.38. The number of alkyl halides is 3. The monoisotopic (exact) mass is 551 g/mol. The molecule has 0 bridgehead atoms. The predicted octanol–water partition coefficient (Wildman–Crippen LogP) is 6.05. The Morgan fingerprint density at radius 1 is 0.947 bits per heavy atom. The predicted molar refractivity (Wildman–Crippen MR) is 134 cm³/mol. The molecule has 11 heteroatoms. The fraction of sp³-hybridized carbons (Fsp3) is 0.296. The van der Waals surface area contributed by atoms with Gasteiger partial charge in [-0.15, -0.1) is 0 Å². The Balaban J connectivity index is 1.80. The summed E-state index contributed by atoms with van der Waals surface area (Å²) in [6, 6.07) is 10.7. The molecule has 0 atom stereocenters. The highest BCUT2D eigenvalue weighted by atomic mass is 35.5. The van der Waals surface area contributed by atoms with E-state index in [2.05, 4.69) is 4.98 Å². The number of carbonyl (C=O) groups is 2. The Bertz CT molecular complexity index is 1310. The maximum Gasteiger partial charge on any atom is 0.417 e. The van der Waals surface area contributed by atoms with Crippen LogP contribution in [0.5, 0.6) is 17.2 Å². The molecule has 1 aromatic heterocycles. The van der Waals surface area contributed by atoms with E-state index in [9.17, 15) is 22.8 Å². The van der Waals surface area contributed by atoms with Crippen molar-refractivity contribution in [1.29, 1.82) is 0 Å². The molecule has 38 heavy (non-hydrogen) atoms. The largest absolute Gasteiger partial charge is 0.493 e. The zero-order valence-electron chi connectivity index (χ0n) is 20.6. The average molecular weight is 552 g/mol. The van der Waals surface area contributed by atoms with E-state index in [1.807, 2.05) is 0 Å². The lowest BCUT2D eigenvalue weighted by Gasteiger charge is -2.14. The van der Waals surface area contributed by atoms with Gasteiger partial charge in [-0.1, -0.05) is 17.7 Å². The van der Waals surface area contributed by atoms with Crippen LogP contribution in [0.15, 0.2) is 48.5 Å². The van der Waals surface area contributed by atoms with Crippen LogP contribution in [0.1, 0.15) is 46.2 Å². The first-order valence-electron chi connectivity index (χ1n) is 11.6. The van der Waals surface area contributed by atoms with Gasteiger partial charge in [0.15, 0.2) is 23.1 Å². The molecule has 1 heterocycles. The number of benzene rings is 2. The number of pyridine rings is 1. The Hall–Kier alpha value is -3.63. The quantitative estimate of drug-likeness (QED) is 0.274. The van der Waals surface area contributed by atoms with Gasteiger partial charge in [0.2, 0.25) is 0 Å². The molecule has 202 valence electrons. The van der Waals surface area contributed by atoms with Crippen LogP contribution in [0.25, 0.3) is 11.3 Å². The molecule has 2 aromatic carbocycles. The third-order valence-electron chi connectivity index (χ3n) is 5.41. The first kappa shape index (κ1) is 28.9. The molecule has 3 aromatic rings. The molecule has 0 fully saturated rings. The van der Waals surface area contributed by atoms with Crippen molar-refractivity contribution in [1.82, 2.24) is 4.98 Å². The Morgan fingerprint density at radius 2 is 1.66 bits per heavy atom. The second kappa shape index (κ2) is 12.7. The first-order chi connectivity index (χ1) is 18.1. The standard InChI is InChI=1S/C27H25ClF3NO6/c1-3-37-24-11-7-20(32-26(24)17-4-6-18(19(28)14-17)27(29,30)31)22(35)9-8-21(34)16-5-10-23(38-13-12-33)25(15-16)36-2/h4-7,10-11,14-15,33H,3,8-9,12-13H2,1-2H3. The number of aromatic nitrogens is 1. The highest BCUT2D eigenvalue weighted by Gasteiger charge is 2.33. The third-order valence-corrected chi connectivity index (χ3v) is 5.72. The minimum atomic E-state index is -4.62. The topological polar surface area (TPSA) is 95.0 Å². The van der Waals surface area contributed by atoms with Crippen molar-refractivity contribution >= 4 is 23.2 Å². The van der Waals surface area contributed by atoms with Crippen molar-refractivity contribution in [3.05, 3.63) is 70.4 Å². The van der Waals surface area contributed by atoms with Gasteiger partial charge < -0.3 is 19.3 Å². The molecule has 0 saturated heterocycles. The van der Waals surface area contributed by atoms with Gasteiger partial charge >= 0.3 is 6.18 Å². The third kappa shape index (κ3) is 7.02. The van der Waals surface area contributed by atoms with Crippen LogP contribution in [-0.2, 0) is 6.18 Å². The van der Waals surface area contributed by atoms with E-state index in [0.717, 1.165) is 12.1 Å². The molecule has 0 unspecified atom stereocenters. The number of aliphatic hydroxyl groups excluding tert-OH is 1. The number of nitrogens with zero attached hydrogens (tertiary/aromatic N) is 1. The lowest BCUT2D eigenvalue weighted by atomic mass is 10.0. The Morgan fingerprint density at radius 3 is 2.29 bits per heavy atom. The summed E-state index contributed by atoms with van der Waals surface area (Å²) in [4.78, 5) is 29.9. The van der Waals surface area contributed by atoms with E-state index in [0.29, 0.717) is 17.1 Å². The zero-order chi connectivity index (χ0) is 27.9. The van der Waals surface area contributed by atoms with Crippen molar-refractivity contribution in [2.75, 3.05) is 26.9 Å². The molecular formula is C27H25ClF3NO6. The molecule has 0 aliphatic heterocycles. The second-order valence-corrected chi connectivity index (χ2v) is 8.36. The van der Waals surface area contributed by atoms with Crippen molar-refractivity contribution in [3.63, 3.8) is 0 Å². The lowest BCUT2D eigenvalue weighted by Crippen LogP contribution is -2.09. The highest BCUT2D eigenvalue weighted by molar-refractivity contribution is 6.31. The maximum atomic E-state index is 13.1. The van der Waals surface area contributed by atoms with E-state index in [4.69, 9.17) is 30.9 Å². The van der Waals surface area contributed by atoms with Gasteiger partial charge in [0.05, 0.1) is 30.9 Å². The van der Waals surface area contributed by atoms with Gasteiger partial charge in [0.25, 0.3) is 0 Å². The molecule has 0 aliphatic carbocycles. The Kier molecular flexibility index (Phi) is 9.71. The minimum Gasteiger partial charge on any atom is -0.493 e. The van der Waals surface area contributed by atoms with E-state index in [-0.39, 0.29) is 61.1 Å². The summed E-state index contributed by atoms with van der Waals surface area (Å²) in [5, 5.41) is 8.41. The van der Waals surface area contributed by atoms with Crippen LogP contribution in [-0.4, -0.2) is 48.6 Å². The number of ether oxygens (including phenoxy) is 3. The van der Waals surface area contributed by atoms with Gasteiger partial charge in [-0.25, -0.2) is 4.98 Å². The maximum absolute atomic E-state index is 13.1. The van der Waals surface area contributed by atoms with Crippen LogP contribution < -0.4 is 14.2 Å². The van der Waals surface area contributed by atoms with Gasteiger partial charge in [-0.3, -0.25) is 9.59 Å². The van der Waals surface area contributed by atoms with Crippen molar-refractivity contribution < 1.29 is 42.1 Å². The van der Waals surface area contributed by atoms with E-state index >= 15 is 0 Å². The average Bonchev–Trinajstić information content (AvgIpc) is 2.89. The molecular weight excluding hydrogens is 527 g/mol. The molecule has 0 saturated carbocycles. The summed E-state index contributed by atoms with van der Waals surface area (Å²) in [5.41, 5.74) is -0.254. The number of rotatable bonds is 12. The van der Waals surface area contributed by atoms with Crippen molar-refractivity contribution in [2.24, 2.45) is 0 Å².